The summed E-state index contributed by atoms with van der Waals surface area (Å²) >= 11 is 1.71. The van der Waals surface area contributed by atoms with Gasteiger partial charge in [0.05, 0.1) is 5.69 Å². The Morgan fingerprint density at radius 3 is 2.75 bits per heavy atom. The van der Waals surface area contributed by atoms with Crippen LogP contribution in [0.2, 0.25) is 0 Å². The molecule has 0 aliphatic carbocycles. The van der Waals surface area contributed by atoms with Gasteiger partial charge in [0.25, 0.3) is 0 Å². The van der Waals surface area contributed by atoms with E-state index < -0.39 is 0 Å². The minimum Gasteiger partial charge on any atom is -0.351 e. The number of nitrogens with zero attached hydrogens (tertiary/aromatic N) is 3. The van der Waals surface area contributed by atoms with Gasteiger partial charge < -0.3 is 10.2 Å². The first-order chi connectivity index (χ1) is 9.65. The summed E-state index contributed by atoms with van der Waals surface area (Å²) in [6, 6.07) is 4.62. The third kappa shape index (κ3) is 4.58. The van der Waals surface area contributed by atoms with Crippen LogP contribution in [0, 0.1) is 0 Å². The molecule has 0 aromatic carbocycles. The first kappa shape index (κ1) is 14.9. The average molecular weight is 290 g/mol. The standard InChI is InChI=1S/C15H22N4S/c1-12(2)17-10-14-11-20-15(18-14)19(3)9-6-13-4-7-16-8-5-13/h4-5,7-8,11-12,17H,6,9-10H2,1-3H3. The first-order valence-corrected chi connectivity index (χ1v) is 7.81. The maximum atomic E-state index is 4.66. The third-order valence-electron chi connectivity index (χ3n) is 3.04. The molecule has 5 heteroatoms. The number of likely N-dealkylation sites (N-methyl/N-ethyl adjacent to an activating group) is 1. The van der Waals surface area contributed by atoms with Crippen LogP contribution in [-0.4, -0.2) is 29.6 Å². The average Bonchev–Trinajstić information content (AvgIpc) is 2.92. The van der Waals surface area contributed by atoms with Crippen molar-refractivity contribution in [1.82, 2.24) is 15.3 Å². The zero-order chi connectivity index (χ0) is 14.4. The highest BCUT2D eigenvalue weighted by atomic mass is 32.1. The van der Waals surface area contributed by atoms with Crippen LogP contribution in [0.4, 0.5) is 5.13 Å². The Labute approximate surface area is 124 Å². The van der Waals surface area contributed by atoms with Crippen LogP contribution in [0.15, 0.2) is 29.9 Å². The first-order valence-electron chi connectivity index (χ1n) is 6.93. The van der Waals surface area contributed by atoms with Crippen molar-refractivity contribution in [1.29, 1.82) is 0 Å². The lowest BCUT2D eigenvalue weighted by molar-refractivity contribution is 0.583. The van der Waals surface area contributed by atoms with E-state index in [9.17, 15) is 0 Å². The van der Waals surface area contributed by atoms with Gasteiger partial charge in [-0.1, -0.05) is 13.8 Å². The molecule has 0 aliphatic heterocycles. The lowest BCUT2D eigenvalue weighted by atomic mass is 10.2. The summed E-state index contributed by atoms with van der Waals surface area (Å²) in [5, 5.41) is 6.61. The van der Waals surface area contributed by atoms with Crippen molar-refractivity contribution in [2.24, 2.45) is 0 Å². The highest BCUT2D eigenvalue weighted by Gasteiger charge is 2.07. The van der Waals surface area contributed by atoms with Gasteiger partial charge in [-0.15, -0.1) is 11.3 Å². The summed E-state index contributed by atoms with van der Waals surface area (Å²) in [6.45, 7) is 6.10. The zero-order valence-corrected chi connectivity index (χ0v) is 13.2. The van der Waals surface area contributed by atoms with Crippen LogP contribution in [0.1, 0.15) is 25.1 Å². The fourth-order valence-electron chi connectivity index (χ4n) is 1.80. The molecule has 0 amide bonds. The molecule has 0 spiro atoms. The predicted molar refractivity (Wildman–Crippen MR) is 85.3 cm³/mol. The Hall–Kier alpha value is -1.46. The van der Waals surface area contributed by atoms with Gasteiger partial charge in [-0.3, -0.25) is 4.98 Å². The number of thiazole rings is 1. The van der Waals surface area contributed by atoms with E-state index in [2.05, 4.69) is 58.6 Å². The van der Waals surface area contributed by atoms with Gasteiger partial charge in [0.15, 0.2) is 5.13 Å². The SMILES string of the molecule is CC(C)NCc1csc(N(C)CCc2ccncc2)n1. The molecule has 108 valence electrons. The molecule has 0 saturated carbocycles. The number of anilines is 1. The molecule has 4 nitrogen and oxygen atoms in total. The summed E-state index contributed by atoms with van der Waals surface area (Å²) in [5.41, 5.74) is 2.43. The van der Waals surface area contributed by atoms with Gasteiger partial charge in [0.1, 0.15) is 0 Å². The molecule has 0 radical (unpaired) electrons. The molecule has 0 atom stereocenters. The van der Waals surface area contributed by atoms with Crippen molar-refractivity contribution >= 4 is 16.5 Å². The highest BCUT2D eigenvalue weighted by Crippen LogP contribution is 2.19. The van der Waals surface area contributed by atoms with Crippen LogP contribution in [-0.2, 0) is 13.0 Å². The minimum atomic E-state index is 0.490. The number of hydrogen-bond acceptors (Lipinski definition) is 5. The molecule has 2 aromatic rings. The summed E-state index contributed by atoms with van der Waals surface area (Å²) in [5.74, 6) is 0. The monoisotopic (exact) mass is 290 g/mol. The van der Waals surface area contributed by atoms with E-state index in [1.54, 1.807) is 11.3 Å². The van der Waals surface area contributed by atoms with Crippen molar-refractivity contribution in [2.45, 2.75) is 32.9 Å². The molecule has 0 unspecified atom stereocenters. The second kappa shape index (κ2) is 7.36. The molecule has 0 aliphatic rings. The van der Waals surface area contributed by atoms with Crippen molar-refractivity contribution < 1.29 is 0 Å². The summed E-state index contributed by atoms with van der Waals surface area (Å²) < 4.78 is 0. The molecule has 2 heterocycles. The quantitative estimate of drug-likeness (QED) is 0.851. The lowest BCUT2D eigenvalue weighted by Gasteiger charge is -2.15. The van der Waals surface area contributed by atoms with E-state index >= 15 is 0 Å². The molecular weight excluding hydrogens is 268 g/mol. The smallest absolute Gasteiger partial charge is 0.185 e. The molecule has 0 saturated heterocycles. The number of aromatic nitrogens is 2. The molecular formula is C15H22N4S. The molecule has 0 fully saturated rings. The van der Waals surface area contributed by atoms with Crippen LogP contribution in [0.3, 0.4) is 0 Å². The normalized spacial score (nSPS) is 11.0. The van der Waals surface area contributed by atoms with Crippen molar-refractivity contribution in [3.05, 3.63) is 41.2 Å². The second-order valence-corrected chi connectivity index (χ2v) is 6.02. The van der Waals surface area contributed by atoms with Crippen molar-refractivity contribution in [3.8, 4) is 0 Å². The van der Waals surface area contributed by atoms with Crippen LogP contribution in [0.5, 0.6) is 0 Å². The van der Waals surface area contributed by atoms with E-state index in [-0.39, 0.29) is 0 Å². The van der Waals surface area contributed by atoms with E-state index in [0.29, 0.717) is 6.04 Å². The molecule has 20 heavy (non-hydrogen) atoms. The number of pyridine rings is 1. The molecule has 0 bridgehead atoms. The number of rotatable bonds is 7. The summed E-state index contributed by atoms with van der Waals surface area (Å²) in [4.78, 5) is 10.9. The van der Waals surface area contributed by atoms with Gasteiger partial charge in [-0.2, -0.15) is 0 Å². The number of nitrogens with one attached hydrogen (secondary N) is 1. The van der Waals surface area contributed by atoms with Crippen LogP contribution in [0.25, 0.3) is 0 Å². The van der Waals surface area contributed by atoms with E-state index in [1.165, 1.54) is 5.56 Å². The van der Waals surface area contributed by atoms with Crippen LogP contribution < -0.4 is 10.2 Å². The van der Waals surface area contributed by atoms with E-state index in [4.69, 9.17) is 0 Å². The predicted octanol–water partition coefficient (Wildman–Crippen LogP) is 2.72. The second-order valence-electron chi connectivity index (χ2n) is 5.18. The summed E-state index contributed by atoms with van der Waals surface area (Å²) in [7, 11) is 2.10. The third-order valence-corrected chi connectivity index (χ3v) is 4.05. The highest BCUT2D eigenvalue weighted by molar-refractivity contribution is 7.13. The molecule has 2 aromatic heterocycles. The van der Waals surface area contributed by atoms with E-state index in [1.807, 2.05) is 12.4 Å². The Kier molecular flexibility index (Phi) is 5.49. The van der Waals surface area contributed by atoms with Crippen LogP contribution >= 0.6 is 11.3 Å². The van der Waals surface area contributed by atoms with Gasteiger partial charge in [0.2, 0.25) is 0 Å². The fraction of sp³-hybridized carbons (Fsp3) is 0.467. The minimum absolute atomic E-state index is 0.490. The Bertz CT molecular complexity index is 510. The van der Waals surface area contributed by atoms with E-state index in [0.717, 1.165) is 30.3 Å². The Morgan fingerprint density at radius 1 is 1.30 bits per heavy atom. The Morgan fingerprint density at radius 2 is 2.05 bits per heavy atom. The van der Waals surface area contributed by atoms with Gasteiger partial charge in [-0.05, 0) is 24.1 Å². The van der Waals surface area contributed by atoms with Gasteiger partial charge in [-0.25, -0.2) is 4.98 Å². The van der Waals surface area contributed by atoms with Crippen molar-refractivity contribution in [2.75, 3.05) is 18.5 Å². The maximum absolute atomic E-state index is 4.66. The topological polar surface area (TPSA) is 41.0 Å². The van der Waals surface area contributed by atoms with Gasteiger partial charge >= 0.3 is 0 Å². The van der Waals surface area contributed by atoms with Crippen molar-refractivity contribution in [3.63, 3.8) is 0 Å². The fourth-order valence-corrected chi connectivity index (χ4v) is 2.62. The largest absolute Gasteiger partial charge is 0.351 e. The zero-order valence-electron chi connectivity index (χ0n) is 12.3. The molecule has 1 N–H and O–H groups in total. The number of hydrogen-bond donors (Lipinski definition) is 1. The molecule has 2 rings (SSSR count). The lowest BCUT2D eigenvalue weighted by Crippen LogP contribution is -2.22. The Balaban J connectivity index is 1.84. The van der Waals surface area contributed by atoms with Gasteiger partial charge in [0, 0.05) is 44.0 Å². The maximum Gasteiger partial charge on any atom is 0.185 e. The summed E-state index contributed by atoms with van der Waals surface area (Å²) in [6.07, 6.45) is 4.70.